The lowest BCUT2D eigenvalue weighted by molar-refractivity contribution is -0.125. The van der Waals surface area contributed by atoms with Crippen LogP contribution < -0.4 is 9.64 Å². The van der Waals surface area contributed by atoms with Gasteiger partial charge in [0.15, 0.2) is 11.6 Å². The minimum atomic E-state index is -1.03. The van der Waals surface area contributed by atoms with Crippen molar-refractivity contribution < 1.29 is 19.0 Å². The van der Waals surface area contributed by atoms with Gasteiger partial charge in [-0.1, -0.05) is 43.7 Å². The van der Waals surface area contributed by atoms with Gasteiger partial charge in [0.2, 0.25) is 5.91 Å². The van der Waals surface area contributed by atoms with Crippen molar-refractivity contribution in [3.63, 3.8) is 0 Å². The van der Waals surface area contributed by atoms with Crippen molar-refractivity contribution in [2.24, 2.45) is 0 Å². The van der Waals surface area contributed by atoms with E-state index in [1.165, 1.54) is 16.5 Å². The molecule has 1 fully saturated rings. The Kier molecular flexibility index (Phi) is 8.04. The average molecular weight is 429 g/mol. The number of piperidine rings is 1. The van der Waals surface area contributed by atoms with Gasteiger partial charge in [0.05, 0.1) is 18.6 Å². The van der Waals surface area contributed by atoms with Crippen LogP contribution in [0.5, 0.6) is 5.75 Å². The number of carbonyl (C=O) groups excluding carboxylic acids is 1. The Labute approximate surface area is 184 Å². The number of hydrogen-bond acceptors (Lipinski definition) is 4. The molecular weight excluding hydrogens is 395 g/mol. The van der Waals surface area contributed by atoms with E-state index in [0.717, 1.165) is 32.5 Å². The van der Waals surface area contributed by atoms with E-state index < -0.39 is 11.4 Å². The molecule has 1 amide bonds. The van der Waals surface area contributed by atoms with Crippen LogP contribution in [0, 0.1) is 5.82 Å². The lowest BCUT2D eigenvalue weighted by Crippen LogP contribution is -2.47. The number of aliphatic hydroxyl groups is 1. The standard InChI is InChI=1S/C25H33FN2O3/c1-3-4-16-31-23-11-10-21(17-22(23)26)27(2)24(29)18-25(30)12-14-28(15-13-25)19-20-8-6-5-7-9-20/h5-11,17,30H,3-4,12-16,18-19H2,1-2H3. The van der Waals surface area contributed by atoms with E-state index in [0.29, 0.717) is 25.1 Å². The maximum Gasteiger partial charge on any atom is 0.229 e. The molecule has 0 radical (unpaired) electrons. The van der Waals surface area contributed by atoms with Gasteiger partial charge in [-0.15, -0.1) is 0 Å². The Morgan fingerprint density at radius 2 is 1.90 bits per heavy atom. The number of unbranched alkanes of at least 4 members (excludes halogenated alkanes) is 1. The summed E-state index contributed by atoms with van der Waals surface area (Å²) in [6.45, 7) is 4.83. The van der Waals surface area contributed by atoms with Crippen LogP contribution in [0.1, 0.15) is 44.6 Å². The zero-order valence-electron chi connectivity index (χ0n) is 18.5. The molecule has 0 atom stereocenters. The van der Waals surface area contributed by atoms with Gasteiger partial charge in [-0.2, -0.15) is 0 Å². The highest BCUT2D eigenvalue weighted by atomic mass is 19.1. The molecule has 0 saturated carbocycles. The molecule has 1 saturated heterocycles. The van der Waals surface area contributed by atoms with Crippen LogP contribution >= 0.6 is 0 Å². The highest BCUT2D eigenvalue weighted by molar-refractivity contribution is 5.93. The summed E-state index contributed by atoms with van der Waals surface area (Å²) in [5.74, 6) is -0.512. The van der Waals surface area contributed by atoms with Crippen molar-refractivity contribution in [2.45, 2.75) is 51.2 Å². The molecule has 1 heterocycles. The summed E-state index contributed by atoms with van der Waals surface area (Å²) >= 11 is 0. The summed E-state index contributed by atoms with van der Waals surface area (Å²) in [5.41, 5.74) is 0.670. The third kappa shape index (κ3) is 6.52. The number of carbonyl (C=O) groups is 1. The van der Waals surface area contributed by atoms with Gasteiger partial charge in [-0.05, 0) is 37.0 Å². The molecule has 1 aliphatic rings. The number of rotatable bonds is 9. The summed E-state index contributed by atoms with van der Waals surface area (Å²) in [6.07, 6.45) is 2.94. The second kappa shape index (κ2) is 10.7. The Balaban J connectivity index is 1.53. The van der Waals surface area contributed by atoms with Crippen LogP contribution in [-0.4, -0.2) is 48.3 Å². The largest absolute Gasteiger partial charge is 0.491 e. The van der Waals surface area contributed by atoms with E-state index in [-0.39, 0.29) is 18.1 Å². The minimum Gasteiger partial charge on any atom is -0.491 e. The van der Waals surface area contributed by atoms with Gasteiger partial charge in [0.25, 0.3) is 0 Å². The molecule has 0 unspecified atom stereocenters. The summed E-state index contributed by atoms with van der Waals surface area (Å²) in [4.78, 5) is 16.5. The number of ether oxygens (including phenoxy) is 1. The third-order valence-electron chi connectivity index (χ3n) is 5.95. The molecule has 3 rings (SSSR count). The van der Waals surface area contributed by atoms with Gasteiger partial charge in [-0.25, -0.2) is 4.39 Å². The second-order valence-corrected chi connectivity index (χ2v) is 8.43. The van der Waals surface area contributed by atoms with E-state index in [2.05, 4.69) is 17.0 Å². The van der Waals surface area contributed by atoms with Crippen LogP contribution in [0.15, 0.2) is 48.5 Å². The van der Waals surface area contributed by atoms with Gasteiger partial charge in [0.1, 0.15) is 0 Å². The van der Waals surface area contributed by atoms with Crippen LogP contribution in [-0.2, 0) is 11.3 Å². The quantitative estimate of drug-likeness (QED) is 0.602. The molecule has 6 heteroatoms. The molecule has 1 aliphatic heterocycles. The molecule has 31 heavy (non-hydrogen) atoms. The molecule has 0 aromatic heterocycles. The fraction of sp³-hybridized carbons (Fsp3) is 0.480. The Hall–Kier alpha value is -2.44. The smallest absolute Gasteiger partial charge is 0.229 e. The van der Waals surface area contributed by atoms with Gasteiger partial charge in [-0.3, -0.25) is 9.69 Å². The van der Waals surface area contributed by atoms with Gasteiger partial charge in [0, 0.05) is 38.4 Å². The number of hydrogen-bond donors (Lipinski definition) is 1. The number of nitrogens with zero attached hydrogens (tertiary/aromatic N) is 2. The van der Waals surface area contributed by atoms with E-state index in [1.807, 2.05) is 25.1 Å². The summed E-state index contributed by atoms with van der Waals surface area (Å²) < 4.78 is 19.8. The first-order valence-corrected chi connectivity index (χ1v) is 11.1. The molecule has 5 nitrogen and oxygen atoms in total. The fourth-order valence-corrected chi connectivity index (χ4v) is 3.83. The van der Waals surface area contributed by atoms with Crippen molar-refractivity contribution in [1.29, 1.82) is 0 Å². The second-order valence-electron chi connectivity index (χ2n) is 8.43. The normalized spacial score (nSPS) is 16.1. The first-order valence-electron chi connectivity index (χ1n) is 11.1. The number of anilines is 1. The molecule has 0 aliphatic carbocycles. The lowest BCUT2D eigenvalue weighted by Gasteiger charge is -2.38. The maximum absolute atomic E-state index is 14.3. The Morgan fingerprint density at radius 3 is 2.55 bits per heavy atom. The minimum absolute atomic E-state index is 0.0268. The average Bonchev–Trinajstić information content (AvgIpc) is 2.77. The molecule has 168 valence electrons. The lowest BCUT2D eigenvalue weighted by atomic mass is 9.87. The topological polar surface area (TPSA) is 53.0 Å². The van der Waals surface area contributed by atoms with Crippen molar-refractivity contribution >= 4 is 11.6 Å². The molecule has 2 aromatic carbocycles. The van der Waals surface area contributed by atoms with Crippen molar-refractivity contribution in [3.05, 3.63) is 59.9 Å². The molecule has 0 bridgehead atoms. The van der Waals surface area contributed by atoms with Crippen molar-refractivity contribution in [2.75, 3.05) is 31.6 Å². The Bertz CT molecular complexity index is 851. The number of halogens is 1. The molecular formula is C25H33FN2O3. The van der Waals surface area contributed by atoms with Crippen molar-refractivity contribution in [1.82, 2.24) is 4.90 Å². The first kappa shape index (κ1) is 23.2. The molecule has 0 spiro atoms. The van der Waals surface area contributed by atoms with Gasteiger partial charge < -0.3 is 14.7 Å². The van der Waals surface area contributed by atoms with Gasteiger partial charge >= 0.3 is 0 Å². The maximum atomic E-state index is 14.3. The first-order chi connectivity index (χ1) is 14.9. The van der Waals surface area contributed by atoms with Crippen molar-refractivity contribution in [3.8, 4) is 5.75 Å². The van der Waals surface area contributed by atoms with E-state index in [9.17, 15) is 14.3 Å². The summed E-state index contributed by atoms with van der Waals surface area (Å²) in [5, 5.41) is 11.0. The predicted octanol–water partition coefficient (Wildman–Crippen LogP) is 4.38. The van der Waals surface area contributed by atoms with E-state index in [4.69, 9.17) is 4.74 Å². The number of benzene rings is 2. The number of likely N-dealkylation sites (tertiary alicyclic amines) is 1. The Morgan fingerprint density at radius 1 is 1.19 bits per heavy atom. The summed E-state index contributed by atoms with van der Waals surface area (Å²) in [7, 11) is 1.61. The van der Waals surface area contributed by atoms with E-state index in [1.54, 1.807) is 19.2 Å². The monoisotopic (exact) mass is 428 g/mol. The summed E-state index contributed by atoms with van der Waals surface area (Å²) in [6, 6.07) is 14.8. The van der Waals surface area contributed by atoms with Crippen LogP contribution in [0.4, 0.5) is 10.1 Å². The van der Waals surface area contributed by atoms with Crippen LogP contribution in [0.25, 0.3) is 0 Å². The predicted molar refractivity (Wildman–Crippen MR) is 121 cm³/mol. The zero-order chi connectivity index (χ0) is 22.3. The SMILES string of the molecule is CCCCOc1ccc(N(C)C(=O)CC2(O)CCN(Cc3ccccc3)CC2)cc1F. The fourth-order valence-electron chi connectivity index (χ4n) is 3.83. The van der Waals surface area contributed by atoms with Crippen LogP contribution in [0.3, 0.4) is 0 Å². The highest BCUT2D eigenvalue weighted by Crippen LogP contribution is 2.29. The number of amides is 1. The third-order valence-corrected chi connectivity index (χ3v) is 5.95. The van der Waals surface area contributed by atoms with E-state index >= 15 is 0 Å². The molecule has 2 aromatic rings. The molecule has 1 N–H and O–H groups in total. The van der Waals surface area contributed by atoms with Crippen LogP contribution in [0.2, 0.25) is 0 Å². The highest BCUT2D eigenvalue weighted by Gasteiger charge is 2.35. The zero-order valence-corrected chi connectivity index (χ0v) is 18.5.